The van der Waals surface area contributed by atoms with Crippen LogP contribution >= 0.6 is 0 Å². The summed E-state index contributed by atoms with van der Waals surface area (Å²) < 4.78 is 16.7. The molecule has 0 atom stereocenters. The van der Waals surface area contributed by atoms with Crippen molar-refractivity contribution < 1.29 is 19.0 Å². The van der Waals surface area contributed by atoms with Crippen LogP contribution in [0.5, 0.6) is 5.75 Å². The van der Waals surface area contributed by atoms with E-state index in [0.29, 0.717) is 37.5 Å². The van der Waals surface area contributed by atoms with Crippen molar-refractivity contribution >= 4 is 22.9 Å². The van der Waals surface area contributed by atoms with Crippen molar-refractivity contribution in [3.05, 3.63) is 83.1 Å². The molecule has 2 N–H and O–H groups in total. The highest BCUT2D eigenvalue weighted by molar-refractivity contribution is 5.88. The van der Waals surface area contributed by atoms with E-state index in [1.165, 1.54) is 16.5 Å². The van der Waals surface area contributed by atoms with Crippen molar-refractivity contribution in [2.45, 2.75) is 58.3 Å². The normalized spacial score (nSPS) is 15.0. The quantitative estimate of drug-likeness (QED) is 0.0869. The summed E-state index contributed by atoms with van der Waals surface area (Å²) in [7, 11) is 1.66. The summed E-state index contributed by atoms with van der Waals surface area (Å²) in [5.74, 6) is 2.01. The van der Waals surface area contributed by atoms with Crippen molar-refractivity contribution in [3.8, 4) is 5.75 Å². The SMILES string of the molecule is COCCOCOc1c(C(C)C)cc(C=CC=CC(=O)NCCN2CCC(c3c[nH]c4ccccc34)CC2)cc1C(C)C. The summed E-state index contributed by atoms with van der Waals surface area (Å²) >= 11 is 0. The lowest BCUT2D eigenvalue weighted by molar-refractivity contribution is -0.116. The number of aromatic nitrogens is 1. The van der Waals surface area contributed by atoms with E-state index in [4.69, 9.17) is 14.2 Å². The fourth-order valence-electron chi connectivity index (χ4n) is 5.73. The predicted octanol–water partition coefficient (Wildman–Crippen LogP) is 6.98. The summed E-state index contributed by atoms with van der Waals surface area (Å²) in [4.78, 5) is 18.3. The molecular weight excluding hydrogens is 538 g/mol. The number of carbonyl (C=O) groups excluding carboxylic acids is 1. The third kappa shape index (κ3) is 9.30. The maximum absolute atomic E-state index is 12.4. The van der Waals surface area contributed by atoms with E-state index in [-0.39, 0.29) is 12.7 Å². The van der Waals surface area contributed by atoms with Crippen LogP contribution in [0.3, 0.4) is 0 Å². The Morgan fingerprint density at radius 3 is 2.47 bits per heavy atom. The first-order valence-corrected chi connectivity index (χ1v) is 15.7. The molecule has 0 aliphatic carbocycles. The van der Waals surface area contributed by atoms with E-state index in [1.54, 1.807) is 19.3 Å². The second-order valence-electron chi connectivity index (χ2n) is 11.9. The van der Waals surface area contributed by atoms with Gasteiger partial charge >= 0.3 is 0 Å². The standard InChI is InChI=1S/C36H49N3O4/c1-26(2)31-22-28(23-32(27(3)4)36(31)43-25-42-21-20-41-5)10-6-9-13-35(40)37-16-19-39-17-14-29(15-18-39)33-24-38-34-12-8-7-11-30(33)34/h6-13,22-24,26-27,29,38H,14-21,25H2,1-5H3,(H,37,40). The van der Waals surface area contributed by atoms with E-state index in [2.05, 4.69) is 85.5 Å². The molecule has 0 spiro atoms. The summed E-state index contributed by atoms with van der Waals surface area (Å²) in [6, 6.07) is 12.9. The minimum atomic E-state index is -0.0683. The van der Waals surface area contributed by atoms with E-state index in [0.717, 1.165) is 54.9 Å². The Hall–Kier alpha value is -3.39. The second-order valence-corrected chi connectivity index (χ2v) is 11.9. The topological polar surface area (TPSA) is 75.8 Å². The van der Waals surface area contributed by atoms with Crippen molar-refractivity contribution in [3.63, 3.8) is 0 Å². The monoisotopic (exact) mass is 587 g/mol. The van der Waals surface area contributed by atoms with Crippen LogP contribution < -0.4 is 10.1 Å². The van der Waals surface area contributed by atoms with Gasteiger partial charge in [0.25, 0.3) is 0 Å². The number of rotatable bonds is 15. The van der Waals surface area contributed by atoms with E-state index in [9.17, 15) is 4.79 Å². The smallest absolute Gasteiger partial charge is 0.244 e. The first-order valence-electron chi connectivity index (χ1n) is 15.7. The number of likely N-dealkylation sites (tertiary alicyclic amines) is 1. The Balaban J connectivity index is 1.23. The molecule has 0 unspecified atom stereocenters. The molecule has 0 bridgehead atoms. The number of nitrogens with one attached hydrogen (secondary N) is 2. The zero-order valence-electron chi connectivity index (χ0n) is 26.5. The number of para-hydroxylation sites is 1. The number of nitrogens with zero attached hydrogens (tertiary/aromatic N) is 1. The number of amides is 1. The Morgan fingerprint density at radius 1 is 1.05 bits per heavy atom. The molecule has 1 saturated heterocycles. The number of piperidine rings is 1. The molecule has 232 valence electrons. The summed E-state index contributed by atoms with van der Waals surface area (Å²) in [5, 5.41) is 4.38. The Labute approximate surface area is 257 Å². The highest BCUT2D eigenvalue weighted by Gasteiger charge is 2.22. The lowest BCUT2D eigenvalue weighted by Crippen LogP contribution is -2.38. The highest BCUT2D eigenvalue weighted by Crippen LogP contribution is 2.36. The molecule has 7 heteroatoms. The molecule has 4 rings (SSSR count). The number of hydrogen-bond donors (Lipinski definition) is 2. The number of allylic oxidation sites excluding steroid dienone is 2. The molecular formula is C36H49N3O4. The van der Waals surface area contributed by atoms with Crippen molar-refractivity contribution in [2.75, 3.05) is 53.3 Å². The number of benzene rings is 2. The fourth-order valence-corrected chi connectivity index (χ4v) is 5.73. The van der Waals surface area contributed by atoms with Gasteiger partial charge in [0.2, 0.25) is 5.91 Å². The largest absolute Gasteiger partial charge is 0.467 e. The zero-order chi connectivity index (χ0) is 30.6. The minimum absolute atomic E-state index is 0.0683. The molecule has 2 heterocycles. The van der Waals surface area contributed by atoms with Gasteiger partial charge in [0.1, 0.15) is 5.75 Å². The Kier molecular flexibility index (Phi) is 12.4. The van der Waals surface area contributed by atoms with Crippen LogP contribution in [0.1, 0.15) is 80.5 Å². The molecule has 0 radical (unpaired) electrons. The minimum Gasteiger partial charge on any atom is -0.467 e. The summed E-state index contributed by atoms with van der Waals surface area (Å²) in [6.45, 7) is 13.5. The van der Waals surface area contributed by atoms with Crippen LogP contribution in [0.15, 0.2) is 60.8 Å². The van der Waals surface area contributed by atoms with Crippen LogP contribution in [0, 0.1) is 0 Å². The highest BCUT2D eigenvalue weighted by atomic mass is 16.7. The van der Waals surface area contributed by atoms with Crippen molar-refractivity contribution in [1.29, 1.82) is 0 Å². The number of hydrogen-bond acceptors (Lipinski definition) is 5. The zero-order valence-corrected chi connectivity index (χ0v) is 26.5. The van der Waals surface area contributed by atoms with Crippen LogP contribution in [0.2, 0.25) is 0 Å². The molecule has 1 aliphatic rings. The molecule has 1 aromatic heterocycles. The number of carbonyl (C=O) groups is 1. The van der Waals surface area contributed by atoms with Gasteiger partial charge in [-0.1, -0.05) is 64.1 Å². The third-order valence-corrected chi connectivity index (χ3v) is 8.15. The number of fused-ring (bicyclic) bond motifs is 1. The maximum Gasteiger partial charge on any atom is 0.244 e. The number of ether oxygens (including phenoxy) is 3. The first kappa shape index (κ1) is 32.5. The third-order valence-electron chi connectivity index (χ3n) is 8.15. The number of methoxy groups -OCH3 is 1. The van der Waals surface area contributed by atoms with Gasteiger partial charge in [0.05, 0.1) is 13.2 Å². The lowest BCUT2D eigenvalue weighted by Gasteiger charge is -2.31. The van der Waals surface area contributed by atoms with Crippen LogP contribution in [-0.2, 0) is 14.3 Å². The molecule has 7 nitrogen and oxygen atoms in total. The Bertz CT molecular complexity index is 1340. The van der Waals surface area contributed by atoms with Gasteiger partial charge in [0.15, 0.2) is 6.79 Å². The fraction of sp³-hybridized carbons (Fsp3) is 0.472. The lowest BCUT2D eigenvalue weighted by atomic mass is 9.89. The van der Waals surface area contributed by atoms with Gasteiger partial charge in [-0.3, -0.25) is 4.79 Å². The average Bonchev–Trinajstić information content (AvgIpc) is 3.44. The second kappa shape index (κ2) is 16.5. The van der Waals surface area contributed by atoms with Gasteiger partial charge in [0, 0.05) is 43.4 Å². The maximum atomic E-state index is 12.4. The molecule has 3 aromatic rings. The van der Waals surface area contributed by atoms with Crippen LogP contribution in [0.25, 0.3) is 17.0 Å². The van der Waals surface area contributed by atoms with Gasteiger partial charge in [-0.05, 0) is 84.1 Å². The molecule has 1 fully saturated rings. The molecule has 1 amide bonds. The molecule has 1 aliphatic heterocycles. The van der Waals surface area contributed by atoms with Gasteiger partial charge in [-0.15, -0.1) is 0 Å². The van der Waals surface area contributed by atoms with E-state index >= 15 is 0 Å². The van der Waals surface area contributed by atoms with Crippen molar-refractivity contribution in [1.82, 2.24) is 15.2 Å². The predicted molar refractivity (Wildman–Crippen MR) is 176 cm³/mol. The average molecular weight is 588 g/mol. The van der Waals surface area contributed by atoms with Crippen LogP contribution in [0.4, 0.5) is 0 Å². The van der Waals surface area contributed by atoms with Gasteiger partial charge in [-0.2, -0.15) is 0 Å². The summed E-state index contributed by atoms with van der Waals surface area (Å²) in [6.07, 6.45) is 11.8. The molecule has 0 saturated carbocycles. The van der Waals surface area contributed by atoms with E-state index < -0.39 is 0 Å². The van der Waals surface area contributed by atoms with Crippen molar-refractivity contribution in [2.24, 2.45) is 0 Å². The molecule has 2 aromatic carbocycles. The number of H-pyrrole nitrogens is 1. The number of aromatic amines is 1. The van der Waals surface area contributed by atoms with E-state index in [1.807, 2.05) is 12.2 Å². The van der Waals surface area contributed by atoms with Gasteiger partial charge < -0.3 is 29.4 Å². The Morgan fingerprint density at radius 2 is 1.77 bits per heavy atom. The first-order chi connectivity index (χ1) is 20.9. The molecule has 43 heavy (non-hydrogen) atoms. The van der Waals surface area contributed by atoms with Crippen LogP contribution in [-0.4, -0.2) is 69.1 Å². The van der Waals surface area contributed by atoms with Gasteiger partial charge in [-0.25, -0.2) is 0 Å². The summed E-state index contributed by atoms with van der Waals surface area (Å²) in [5.41, 5.74) is 6.03.